The molecule has 0 aliphatic heterocycles. The Labute approximate surface area is 165 Å². The Balaban J connectivity index is 1.54. The highest BCUT2D eigenvalue weighted by atomic mass is 19.1. The first-order valence-electron chi connectivity index (χ1n) is 9.47. The van der Waals surface area contributed by atoms with Crippen LogP contribution in [-0.4, -0.2) is 31.7 Å². The molecule has 0 bridgehead atoms. The molecule has 0 amide bonds. The molecule has 1 unspecified atom stereocenters. The number of hydrogen-bond acceptors (Lipinski definition) is 4. The first kappa shape index (κ1) is 19.9. The van der Waals surface area contributed by atoms with Gasteiger partial charge in [0, 0.05) is 25.9 Å². The lowest BCUT2D eigenvalue weighted by molar-refractivity contribution is 0.288. The van der Waals surface area contributed by atoms with Crippen LogP contribution in [0.3, 0.4) is 0 Å². The summed E-state index contributed by atoms with van der Waals surface area (Å²) in [5, 5.41) is 6.53. The van der Waals surface area contributed by atoms with Crippen LogP contribution in [-0.2, 0) is 6.54 Å². The van der Waals surface area contributed by atoms with Crippen molar-refractivity contribution in [3.05, 3.63) is 53.5 Å². The van der Waals surface area contributed by atoms with E-state index in [0.29, 0.717) is 24.3 Å². The highest BCUT2D eigenvalue weighted by Gasteiger charge is 2.22. The predicted molar refractivity (Wildman–Crippen MR) is 107 cm³/mol. The minimum atomic E-state index is -0.382. The number of benzene rings is 1. The zero-order chi connectivity index (χ0) is 19.9. The van der Waals surface area contributed by atoms with Crippen LogP contribution in [0, 0.1) is 11.7 Å². The second-order valence-electron chi connectivity index (χ2n) is 6.94. The van der Waals surface area contributed by atoms with Gasteiger partial charge in [-0.1, -0.05) is 6.07 Å². The van der Waals surface area contributed by atoms with Gasteiger partial charge in [0.25, 0.3) is 0 Å². The summed E-state index contributed by atoms with van der Waals surface area (Å²) in [4.78, 5) is 8.50. The van der Waals surface area contributed by atoms with E-state index in [9.17, 15) is 4.39 Å². The van der Waals surface area contributed by atoms with Gasteiger partial charge in [-0.05, 0) is 55.0 Å². The van der Waals surface area contributed by atoms with E-state index >= 15 is 0 Å². The molecular formula is C21H27FN4O2. The van der Waals surface area contributed by atoms with Crippen molar-refractivity contribution in [2.45, 2.75) is 32.4 Å². The molecule has 1 fully saturated rings. The van der Waals surface area contributed by atoms with Crippen molar-refractivity contribution in [3.8, 4) is 11.6 Å². The van der Waals surface area contributed by atoms with E-state index in [1.807, 2.05) is 25.1 Å². The normalized spacial score (nSPS) is 15.1. The predicted octanol–water partition coefficient (Wildman–Crippen LogP) is 3.44. The van der Waals surface area contributed by atoms with E-state index in [0.717, 1.165) is 17.7 Å². The standard InChI is InChI=1S/C21H27FN4O2/c1-14(17-6-7-19(27-3)18(22)11-17)26-21(23-2)25-12-16-8-9-24-20(10-16)28-13-15-4-5-15/h6-11,14-15H,4-5,12-13H2,1-3H3,(H2,23,25,26). The number of nitrogens with one attached hydrogen (secondary N) is 2. The van der Waals surface area contributed by atoms with Gasteiger partial charge in [-0.3, -0.25) is 4.99 Å². The summed E-state index contributed by atoms with van der Waals surface area (Å²) >= 11 is 0. The molecule has 1 aliphatic rings. The highest BCUT2D eigenvalue weighted by molar-refractivity contribution is 5.80. The fraction of sp³-hybridized carbons (Fsp3) is 0.429. The lowest BCUT2D eigenvalue weighted by Gasteiger charge is -2.19. The molecule has 1 aromatic heterocycles. The van der Waals surface area contributed by atoms with E-state index < -0.39 is 0 Å². The van der Waals surface area contributed by atoms with Gasteiger partial charge in [0.1, 0.15) is 0 Å². The van der Waals surface area contributed by atoms with Crippen molar-refractivity contribution >= 4 is 5.96 Å². The summed E-state index contributed by atoms with van der Waals surface area (Å²) in [6.07, 6.45) is 4.25. The maximum atomic E-state index is 13.9. The molecule has 1 heterocycles. The number of hydrogen-bond donors (Lipinski definition) is 2. The first-order chi connectivity index (χ1) is 13.6. The lowest BCUT2D eigenvalue weighted by Crippen LogP contribution is -2.38. The fourth-order valence-corrected chi connectivity index (χ4v) is 2.75. The van der Waals surface area contributed by atoms with Crippen molar-refractivity contribution in [1.82, 2.24) is 15.6 Å². The van der Waals surface area contributed by atoms with E-state index in [4.69, 9.17) is 9.47 Å². The molecule has 1 atom stereocenters. The lowest BCUT2D eigenvalue weighted by atomic mass is 10.1. The summed E-state index contributed by atoms with van der Waals surface area (Å²) < 4.78 is 24.6. The zero-order valence-electron chi connectivity index (χ0n) is 16.5. The number of ether oxygens (including phenoxy) is 2. The van der Waals surface area contributed by atoms with Crippen molar-refractivity contribution in [2.75, 3.05) is 20.8 Å². The van der Waals surface area contributed by atoms with Crippen LogP contribution in [0.15, 0.2) is 41.5 Å². The second kappa shape index (κ2) is 9.39. The Kier molecular flexibility index (Phi) is 6.68. The molecule has 1 aromatic carbocycles. The summed E-state index contributed by atoms with van der Waals surface area (Å²) in [5.74, 6) is 1.82. The van der Waals surface area contributed by atoms with E-state index in [-0.39, 0.29) is 17.6 Å². The van der Waals surface area contributed by atoms with Gasteiger partial charge in [0.05, 0.1) is 19.8 Å². The molecule has 3 rings (SSSR count). The van der Waals surface area contributed by atoms with Gasteiger partial charge < -0.3 is 20.1 Å². The molecule has 0 radical (unpaired) electrons. The molecular weight excluding hydrogens is 359 g/mol. The Morgan fingerprint density at radius 3 is 2.82 bits per heavy atom. The number of pyridine rings is 1. The molecule has 150 valence electrons. The zero-order valence-corrected chi connectivity index (χ0v) is 16.5. The van der Waals surface area contributed by atoms with Gasteiger partial charge in [-0.15, -0.1) is 0 Å². The topological polar surface area (TPSA) is 67.8 Å². The van der Waals surface area contributed by atoms with E-state index in [2.05, 4.69) is 20.6 Å². The van der Waals surface area contributed by atoms with Crippen LogP contribution in [0.4, 0.5) is 4.39 Å². The van der Waals surface area contributed by atoms with Gasteiger partial charge in [0.2, 0.25) is 5.88 Å². The number of guanidine groups is 1. The van der Waals surface area contributed by atoms with Crippen LogP contribution in [0.1, 0.15) is 36.9 Å². The molecule has 1 aliphatic carbocycles. The van der Waals surface area contributed by atoms with Crippen LogP contribution in [0.25, 0.3) is 0 Å². The van der Waals surface area contributed by atoms with Gasteiger partial charge >= 0.3 is 0 Å². The summed E-state index contributed by atoms with van der Waals surface area (Å²) in [6.45, 7) is 3.26. The second-order valence-corrected chi connectivity index (χ2v) is 6.94. The molecule has 0 spiro atoms. The van der Waals surface area contributed by atoms with Crippen molar-refractivity contribution in [1.29, 1.82) is 0 Å². The molecule has 1 saturated carbocycles. The molecule has 2 aromatic rings. The minimum absolute atomic E-state index is 0.124. The molecule has 7 heteroatoms. The first-order valence-corrected chi connectivity index (χ1v) is 9.47. The Morgan fingerprint density at radius 1 is 1.32 bits per heavy atom. The van der Waals surface area contributed by atoms with Crippen LogP contribution in [0.2, 0.25) is 0 Å². The molecule has 0 saturated heterocycles. The third-order valence-electron chi connectivity index (χ3n) is 4.68. The number of aliphatic imine (C=N–C) groups is 1. The quantitative estimate of drug-likeness (QED) is 0.537. The Bertz CT molecular complexity index is 824. The fourth-order valence-electron chi connectivity index (χ4n) is 2.75. The van der Waals surface area contributed by atoms with Gasteiger partial charge in [-0.25, -0.2) is 9.37 Å². The summed E-state index contributed by atoms with van der Waals surface area (Å²) in [6, 6.07) is 8.67. The maximum Gasteiger partial charge on any atom is 0.213 e. The Hall–Kier alpha value is -2.83. The monoisotopic (exact) mass is 386 g/mol. The largest absolute Gasteiger partial charge is 0.494 e. The smallest absolute Gasteiger partial charge is 0.213 e. The molecule has 6 nitrogen and oxygen atoms in total. The average Bonchev–Trinajstić information content (AvgIpc) is 3.54. The summed E-state index contributed by atoms with van der Waals surface area (Å²) in [7, 11) is 3.15. The number of halogens is 1. The maximum absolute atomic E-state index is 13.9. The SMILES string of the molecule is CN=C(NCc1ccnc(OCC2CC2)c1)NC(C)c1ccc(OC)c(F)c1. The third kappa shape index (κ3) is 5.58. The summed E-state index contributed by atoms with van der Waals surface area (Å²) in [5.41, 5.74) is 1.85. The molecule has 28 heavy (non-hydrogen) atoms. The number of rotatable bonds is 8. The number of nitrogens with zero attached hydrogens (tertiary/aromatic N) is 2. The average molecular weight is 386 g/mol. The van der Waals surface area contributed by atoms with Crippen LogP contribution < -0.4 is 20.1 Å². The van der Waals surface area contributed by atoms with Gasteiger partial charge in [0.15, 0.2) is 17.5 Å². The van der Waals surface area contributed by atoms with E-state index in [1.54, 1.807) is 19.3 Å². The van der Waals surface area contributed by atoms with Crippen molar-refractivity contribution < 1.29 is 13.9 Å². The number of aromatic nitrogens is 1. The Morgan fingerprint density at radius 2 is 2.14 bits per heavy atom. The highest BCUT2D eigenvalue weighted by Crippen LogP contribution is 2.29. The number of methoxy groups -OCH3 is 1. The molecule has 2 N–H and O–H groups in total. The third-order valence-corrected chi connectivity index (χ3v) is 4.68. The van der Waals surface area contributed by atoms with Crippen molar-refractivity contribution in [3.63, 3.8) is 0 Å². The van der Waals surface area contributed by atoms with Crippen LogP contribution in [0.5, 0.6) is 11.6 Å². The van der Waals surface area contributed by atoms with Crippen molar-refractivity contribution in [2.24, 2.45) is 10.9 Å². The van der Waals surface area contributed by atoms with E-state index in [1.165, 1.54) is 26.0 Å². The van der Waals surface area contributed by atoms with Crippen LogP contribution >= 0.6 is 0 Å². The minimum Gasteiger partial charge on any atom is -0.494 e. The van der Waals surface area contributed by atoms with Gasteiger partial charge in [-0.2, -0.15) is 0 Å².